The first-order valence-corrected chi connectivity index (χ1v) is 11.4. The Morgan fingerprint density at radius 1 is 1.28 bits per heavy atom. The van der Waals surface area contributed by atoms with E-state index in [1.807, 2.05) is 13.1 Å². The summed E-state index contributed by atoms with van der Waals surface area (Å²) in [6, 6.07) is 4.44. The third-order valence-corrected chi connectivity index (χ3v) is 5.50. The molecule has 0 spiro atoms. The maximum absolute atomic E-state index is 11.9. The summed E-state index contributed by atoms with van der Waals surface area (Å²) < 4.78 is 10.7. The van der Waals surface area contributed by atoms with Crippen molar-refractivity contribution in [1.29, 1.82) is 0 Å². The molecule has 1 aromatic heterocycles. The third-order valence-electron chi connectivity index (χ3n) is 5.50. The highest BCUT2D eigenvalue weighted by molar-refractivity contribution is 14.0. The van der Waals surface area contributed by atoms with E-state index in [1.165, 1.54) is 0 Å². The highest BCUT2D eigenvalue weighted by Gasteiger charge is 2.24. The Morgan fingerprint density at radius 3 is 2.69 bits per heavy atom. The first-order chi connectivity index (χ1) is 15.1. The van der Waals surface area contributed by atoms with Gasteiger partial charge in [0.15, 0.2) is 5.96 Å². The molecule has 10 heteroatoms. The number of amides is 1. The smallest absolute Gasteiger partial charge is 0.409 e. The average Bonchev–Trinajstić information content (AvgIpc) is 2.78. The van der Waals surface area contributed by atoms with Crippen LogP contribution in [0.4, 0.5) is 10.6 Å². The van der Waals surface area contributed by atoms with Crippen molar-refractivity contribution in [3.05, 3.63) is 23.9 Å². The van der Waals surface area contributed by atoms with Crippen LogP contribution in [0.5, 0.6) is 0 Å². The van der Waals surface area contributed by atoms with E-state index in [0.717, 1.165) is 56.4 Å². The second kappa shape index (κ2) is 13.7. The molecule has 1 atom stereocenters. The lowest BCUT2D eigenvalue weighted by molar-refractivity contribution is 0.0529. The maximum atomic E-state index is 11.9. The molecule has 32 heavy (non-hydrogen) atoms. The lowest BCUT2D eigenvalue weighted by Gasteiger charge is -2.32. The van der Waals surface area contributed by atoms with Crippen molar-refractivity contribution >= 4 is 41.8 Å². The number of hydrogen-bond acceptors (Lipinski definition) is 6. The van der Waals surface area contributed by atoms with Crippen LogP contribution >= 0.6 is 24.0 Å². The van der Waals surface area contributed by atoms with Gasteiger partial charge in [0, 0.05) is 45.0 Å². The molecule has 3 heterocycles. The number of ether oxygens (including phenoxy) is 2. The molecule has 0 saturated carbocycles. The van der Waals surface area contributed by atoms with Crippen molar-refractivity contribution in [1.82, 2.24) is 20.5 Å². The van der Waals surface area contributed by atoms with E-state index in [1.54, 1.807) is 4.90 Å². The van der Waals surface area contributed by atoms with Gasteiger partial charge in [0.2, 0.25) is 0 Å². The fourth-order valence-electron chi connectivity index (χ4n) is 3.83. The summed E-state index contributed by atoms with van der Waals surface area (Å²) in [4.78, 5) is 25.3. The largest absolute Gasteiger partial charge is 0.450 e. The van der Waals surface area contributed by atoms with Crippen LogP contribution in [0.1, 0.15) is 39.2 Å². The topological polar surface area (TPSA) is 91.3 Å². The quantitative estimate of drug-likeness (QED) is 0.314. The van der Waals surface area contributed by atoms with Gasteiger partial charge in [-0.1, -0.05) is 6.07 Å². The molecular formula is C22H37IN6O3. The molecule has 0 aromatic carbocycles. The Bertz CT molecular complexity index is 725. The molecule has 2 aliphatic heterocycles. The molecule has 0 radical (unpaired) electrons. The van der Waals surface area contributed by atoms with Crippen molar-refractivity contribution in [3.63, 3.8) is 0 Å². The zero-order valence-electron chi connectivity index (χ0n) is 19.4. The van der Waals surface area contributed by atoms with Crippen LogP contribution in [-0.4, -0.2) is 80.0 Å². The minimum absolute atomic E-state index is 0. The van der Waals surface area contributed by atoms with Crippen LogP contribution in [0.3, 0.4) is 0 Å². The van der Waals surface area contributed by atoms with Crippen molar-refractivity contribution in [2.24, 2.45) is 4.99 Å². The van der Waals surface area contributed by atoms with E-state index in [2.05, 4.69) is 46.5 Å². The van der Waals surface area contributed by atoms with Crippen LogP contribution in [0.15, 0.2) is 23.3 Å². The molecule has 2 aliphatic rings. The minimum atomic E-state index is -0.219. The number of aromatic nitrogens is 1. The molecule has 9 nitrogen and oxygen atoms in total. The predicted octanol–water partition coefficient (Wildman–Crippen LogP) is 2.60. The number of guanidine groups is 1. The van der Waals surface area contributed by atoms with Crippen LogP contribution in [0, 0.1) is 0 Å². The summed E-state index contributed by atoms with van der Waals surface area (Å²) in [6.45, 7) is 11.6. The number of piperidine rings is 1. The fourth-order valence-corrected chi connectivity index (χ4v) is 3.83. The van der Waals surface area contributed by atoms with Crippen LogP contribution in [0.25, 0.3) is 0 Å². The Balaban J connectivity index is 0.00000363. The van der Waals surface area contributed by atoms with Crippen molar-refractivity contribution < 1.29 is 14.3 Å². The van der Waals surface area contributed by atoms with E-state index in [-0.39, 0.29) is 42.2 Å². The highest BCUT2D eigenvalue weighted by atomic mass is 127. The summed E-state index contributed by atoms with van der Waals surface area (Å²) in [7, 11) is 0. The Morgan fingerprint density at radius 2 is 2.06 bits per heavy atom. The van der Waals surface area contributed by atoms with Gasteiger partial charge in [-0.3, -0.25) is 0 Å². The van der Waals surface area contributed by atoms with Gasteiger partial charge < -0.3 is 29.9 Å². The summed E-state index contributed by atoms with van der Waals surface area (Å²) in [5.74, 6) is 1.78. The van der Waals surface area contributed by atoms with Crippen LogP contribution in [0.2, 0.25) is 0 Å². The number of morpholine rings is 1. The SMILES string of the molecule is CCNC(=NCc1ccc(N2CCOC(C)C2)nc1)NC1CCN(C(=O)OCC)CC1.I. The Hall–Kier alpha value is -1.82. The number of likely N-dealkylation sites (tertiary alicyclic amines) is 1. The normalized spacial score (nSPS) is 19.8. The lowest BCUT2D eigenvalue weighted by Crippen LogP contribution is -2.49. The summed E-state index contributed by atoms with van der Waals surface area (Å²) in [5, 5.41) is 6.82. The predicted molar refractivity (Wildman–Crippen MR) is 137 cm³/mol. The number of nitrogens with zero attached hydrogens (tertiary/aromatic N) is 4. The minimum Gasteiger partial charge on any atom is -0.450 e. The summed E-state index contributed by atoms with van der Waals surface area (Å²) in [5.41, 5.74) is 1.07. The van der Waals surface area contributed by atoms with Crippen molar-refractivity contribution in [3.8, 4) is 0 Å². The van der Waals surface area contributed by atoms with E-state index in [9.17, 15) is 4.79 Å². The molecule has 0 aliphatic carbocycles. The average molecular weight is 560 g/mol. The van der Waals surface area contributed by atoms with E-state index >= 15 is 0 Å². The van der Waals surface area contributed by atoms with Gasteiger partial charge in [-0.15, -0.1) is 24.0 Å². The van der Waals surface area contributed by atoms with E-state index in [0.29, 0.717) is 26.2 Å². The molecule has 2 saturated heterocycles. The number of carbonyl (C=O) groups is 1. The first kappa shape index (κ1) is 26.4. The van der Waals surface area contributed by atoms with Crippen LogP contribution < -0.4 is 15.5 Å². The van der Waals surface area contributed by atoms with Crippen molar-refractivity contribution in [2.75, 3.05) is 50.8 Å². The van der Waals surface area contributed by atoms with Gasteiger partial charge in [-0.25, -0.2) is 14.8 Å². The fraction of sp³-hybridized carbons (Fsp3) is 0.682. The van der Waals surface area contributed by atoms with Gasteiger partial charge in [0.1, 0.15) is 5.82 Å². The van der Waals surface area contributed by atoms with Gasteiger partial charge >= 0.3 is 6.09 Å². The zero-order chi connectivity index (χ0) is 22.1. The van der Waals surface area contributed by atoms with E-state index < -0.39 is 0 Å². The Kier molecular flexibility index (Phi) is 11.3. The Labute approximate surface area is 208 Å². The molecule has 3 rings (SSSR count). The monoisotopic (exact) mass is 560 g/mol. The zero-order valence-corrected chi connectivity index (χ0v) is 21.7. The molecule has 0 bridgehead atoms. The number of aliphatic imine (C=N–C) groups is 1. The highest BCUT2D eigenvalue weighted by Crippen LogP contribution is 2.16. The number of rotatable bonds is 6. The molecule has 180 valence electrons. The van der Waals surface area contributed by atoms with Gasteiger partial charge in [-0.2, -0.15) is 0 Å². The van der Waals surface area contributed by atoms with Gasteiger partial charge in [-0.05, 0) is 45.2 Å². The molecule has 1 unspecified atom stereocenters. The van der Waals surface area contributed by atoms with Crippen LogP contribution in [-0.2, 0) is 16.0 Å². The molecular weight excluding hydrogens is 523 g/mol. The van der Waals surface area contributed by atoms with Gasteiger partial charge in [0.05, 0.1) is 25.9 Å². The molecule has 1 aromatic rings. The molecule has 2 N–H and O–H groups in total. The third kappa shape index (κ3) is 7.95. The number of hydrogen-bond donors (Lipinski definition) is 2. The molecule has 2 fully saturated rings. The molecule has 1 amide bonds. The lowest BCUT2D eigenvalue weighted by atomic mass is 10.1. The number of nitrogens with one attached hydrogen (secondary N) is 2. The first-order valence-electron chi connectivity index (χ1n) is 11.4. The summed E-state index contributed by atoms with van der Waals surface area (Å²) >= 11 is 0. The maximum Gasteiger partial charge on any atom is 0.409 e. The van der Waals surface area contributed by atoms with E-state index in [4.69, 9.17) is 14.5 Å². The standard InChI is InChI=1S/C22H36N6O3.HI/c1-4-23-21(26-19-8-10-27(11-9-19)22(29)30-5-2)25-15-18-6-7-20(24-14-18)28-12-13-31-17(3)16-28;/h6-7,14,17,19H,4-5,8-13,15-16H2,1-3H3,(H2,23,25,26);1H. The second-order valence-electron chi connectivity index (χ2n) is 7.95. The number of carbonyl (C=O) groups excluding carboxylic acids is 1. The number of anilines is 1. The van der Waals surface area contributed by atoms with Crippen molar-refractivity contribution in [2.45, 2.75) is 52.3 Å². The second-order valence-corrected chi connectivity index (χ2v) is 7.95. The van der Waals surface area contributed by atoms with Gasteiger partial charge in [0.25, 0.3) is 0 Å². The number of pyridine rings is 1. The summed E-state index contributed by atoms with van der Waals surface area (Å²) in [6.07, 6.45) is 3.66. The number of halogens is 1.